The number of primary amides is 2. The second kappa shape index (κ2) is 5.75. The fourth-order valence-corrected chi connectivity index (χ4v) is 2.17. The van der Waals surface area contributed by atoms with E-state index in [1.54, 1.807) is 30.3 Å². The van der Waals surface area contributed by atoms with E-state index in [-0.39, 0.29) is 0 Å². The summed E-state index contributed by atoms with van der Waals surface area (Å²) in [7, 11) is 0. The van der Waals surface area contributed by atoms with Crippen molar-refractivity contribution < 1.29 is 9.59 Å². The lowest BCUT2D eigenvalue weighted by atomic mass is 9.94. The number of hydrogen-bond donors (Lipinski definition) is 2. The Morgan fingerprint density at radius 1 is 0.900 bits per heavy atom. The molecular weight excluding hydrogens is 276 g/mol. The van der Waals surface area contributed by atoms with E-state index >= 15 is 0 Å². The van der Waals surface area contributed by atoms with Crippen molar-refractivity contribution in [3.63, 3.8) is 0 Å². The Kier molecular flexibility index (Phi) is 4.05. The van der Waals surface area contributed by atoms with E-state index in [0.717, 1.165) is 5.56 Å². The van der Waals surface area contributed by atoms with Crippen molar-refractivity contribution in [2.45, 2.75) is 6.42 Å². The molecule has 0 aliphatic heterocycles. The van der Waals surface area contributed by atoms with Crippen LogP contribution in [0.25, 0.3) is 0 Å². The molecule has 0 saturated carbocycles. The first-order chi connectivity index (χ1) is 9.49. The van der Waals surface area contributed by atoms with Crippen LogP contribution in [-0.2, 0) is 6.42 Å². The van der Waals surface area contributed by atoms with Crippen LogP contribution in [0.4, 0.5) is 0 Å². The second-order valence-corrected chi connectivity index (χ2v) is 4.80. The summed E-state index contributed by atoms with van der Waals surface area (Å²) in [6, 6.07) is 11.9. The number of carbonyl (C=O) groups is 2. The Morgan fingerprint density at radius 3 is 1.85 bits per heavy atom. The minimum atomic E-state index is -0.586. The van der Waals surface area contributed by atoms with Gasteiger partial charge in [0.15, 0.2) is 0 Å². The average molecular weight is 289 g/mol. The van der Waals surface area contributed by atoms with E-state index in [4.69, 9.17) is 23.1 Å². The highest BCUT2D eigenvalue weighted by Crippen LogP contribution is 2.20. The van der Waals surface area contributed by atoms with Gasteiger partial charge in [0.2, 0.25) is 11.8 Å². The normalized spacial score (nSPS) is 10.2. The molecule has 0 unspecified atom stereocenters. The minimum absolute atomic E-state index is 0.302. The Balaban J connectivity index is 2.50. The summed E-state index contributed by atoms with van der Waals surface area (Å²) in [6.07, 6.45) is 0.383. The molecule has 0 fully saturated rings. The fraction of sp³-hybridized carbons (Fsp3) is 0.0667. The van der Waals surface area contributed by atoms with Crippen LogP contribution in [0, 0.1) is 0 Å². The average Bonchev–Trinajstić information content (AvgIpc) is 2.41. The summed E-state index contributed by atoms with van der Waals surface area (Å²) < 4.78 is 0. The monoisotopic (exact) mass is 288 g/mol. The van der Waals surface area contributed by atoms with E-state index in [2.05, 4.69) is 0 Å². The van der Waals surface area contributed by atoms with Gasteiger partial charge >= 0.3 is 0 Å². The Labute approximate surface area is 121 Å². The molecule has 102 valence electrons. The molecule has 0 radical (unpaired) electrons. The topological polar surface area (TPSA) is 86.2 Å². The van der Waals surface area contributed by atoms with Crippen LogP contribution in [-0.4, -0.2) is 11.8 Å². The van der Waals surface area contributed by atoms with Crippen LogP contribution in [0.15, 0.2) is 42.5 Å². The smallest absolute Gasteiger partial charge is 0.249 e. The van der Waals surface area contributed by atoms with Crippen molar-refractivity contribution >= 4 is 23.4 Å². The van der Waals surface area contributed by atoms with Crippen molar-refractivity contribution in [3.8, 4) is 0 Å². The summed E-state index contributed by atoms with van der Waals surface area (Å²) in [4.78, 5) is 23.0. The van der Waals surface area contributed by atoms with Gasteiger partial charge in [-0.3, -0.25) is 9.59 Å². The number of benzene rings is 2. The summed E-state index contributed by atoms with van der Waals surface area (Å²) in [5.41, 5.74) is 12.7. The molecule has 0 spiro atoms. The molecule has 2 aromatic rings. The summed E-state index contributed by atoms with van der Waals surface area (Å²) in [5.74, 6) is -1.17. The molecule has 0 aliphatic rings. The fourth-order valence-electron chi connectivity index (χ4n) is 2.05. The predicted octanol–water partition coefficient (Wildman–Crippen LogP) is 2.13. The standard InChI is InChI=1S/C15H13ClN2O2/c16-10-6-4-9(5-7-10)8-13-11(14(17)19)2-1-3-12(13)15(18)20/h1-7H,8H2,(H2,17,19)(H2,18,20). The lowest BCUT2D eigenvalue weighted by molar-refractivity contribution is 0.0999. The van der Waals surface area contributed by atoms with E-state index < -0.39 is 11.8 Å². The molecule has 0 heterocycles. The van der Waals surface area contributed by atoms with E-state index in [0.29, 0.717) is 28.1 Å². The molecule has 5 heteroatoms. The van der Waals surface area contributed by atoms with Crippen molar-refractivity contribution in [3.05, 3.63) is 69.7 Å². The first-order valence-corrected chi connectivity index (χ1v) is 6.33. The van der Waals surface area contributed by atoms with Gasteiger partial charge in [0, 0.05) is 16.1 Å². The maximum absolute atomic E-state index is 11.5. The zero-order valence-corrected chi connectivity index (χ0v) is 11.4. The maximum Gasteiger partial charge on any atom is 0.249 e. The van der Waals surface area contributed by atoms with Crippen molar-refractivity contribution in [1.29, 1.82) is 0 Å². The SMILES string of the molecule is NC(=O)c1cccc(C(N)=O)c1Cc1ccc(Cl)cc1. The van der Waals surface area contributed by atoms with Crippen LogP contribution in [0.1, 0.15) is 31.8 Å². The molecule has 0 aliphatic carbocycles. The van der Waals surface area contributed by atoms with E-state index in [9.17, 15) is 9.59 Å². The molecule has 0 atom stereocenters. The highest BCUT2D eigenvalue weighted by molar-refractivity contribution is 6.30. The van der Waals surface area contributed by atoms with Gasteiger partial charge in [0.1, 0.15) is 0 Å². The lowest BCUT2D eigenvalue weighted by Gasteiger charge is -2.11. The van der Waals surface area contributed by atoms with Crippen molar-refractivity contribution in [2.75, 3.05) is 0 Å². The molecular formula is C15H13ClN2O2. The van der Waals surface area contributed by atoms with Crippen LogP contribution in [0.5, 0.6) is 0 Å². The van der Waals surface area contributed by atoms with Gasteiger partial charge in [0.25, 0.3) is 0 Å². The predicted molar refractivity (Wildman–Crippen MR) is 77.7 cm³/mol. The molecule has 0 bridgehead atoms. The second-order valence-electron chi connectivity index (χ2n) is 4.36. The van der Waals surface area contributed by atoms with Crippen LogP contribution < -0.4 is 11.5 Å². The highest BCUT2D eigenvalue weighted by atomic mass is 35.5. The van der Waals surface area contributed by atoms with Gasteiger partial charge < -0.3 is 11.5 Å². The van der Waals surface area contributed by atoms with Gasteiger partial charge in [-0.05, 0) is 41.8 Å². The van der Waals surface area contributed by atoms with Crippen molar-refractivity contribution in [2.24, 2.45) is 11.5 Å². The van der Waals surface area contributed by atoms with Crippen molar-refractivity contribution in [1.82, 2.24) is 0 Å². The minimum Gasteiger partial charge on any atom is -0.366 e. The van der Waals surface area contributed by atoms with Gasteiger partial charge in [-0.25, -0.2) is 0 Å². The summed E-state index contributed by atoms with van der Waals surface area (Å²) in [6.45, 7) is 0. The number of halogens is 1. The van der Waals surface area contributed by atoms with Gasteiger partial charge in [-0.15, -0.1) is 0 Å². The molecule has 20 heavy (non-hydrogen) atoms. The van der Waals surface area contributed by atoms with E-state index in [1.807, 2.05) is 12.1 Å². The van der Waals surface area contributed by atoms with Crippen LogP contribution >= 0.6 is 11.6 Å². The molecule has 4 nitrogen and oxygen atoms in total. The molecule has 4 N–H and O–H groups in total. The zero-order chi connectivity index (χ0) is 14.7. The maximum atomic E-state index is 11.5. The number of nitrogens with two attached hydrogens (primary N) is 2. The third kappa shape index (κ3) is 2.97. The van der Waals surface area contributed by atoms with Crippen LogP contribution in [0.2, 0.25) is 5.02 Å². The van der Waals surface area contributed by atoms with Gasteiger partial charge in [-0.1, -0.05) is 29.8 Å². The molecule has 0 saturated heterocycles. The first-order valence-electron chi connectivity index (χ1n) is 5.95. The van der Waals surface area contributed by atoms with Gasteiger partial charge in [-0.2, -0.15) is 0 Å². The third-order valence-electron chi connectivity index (χ3n) is 3.00. The summed E-state index contributed by atoms with van der Waals surface area (Å²) in [5, 5.41) is 0.618. The number of amides is 2. The highest BCUT2D eigenvalue weighted by Gasteiger charge is 2.16. The Bertz CT molecular complexity index is 634. The number of hydrogen-bond acceptors (Lipinski definition) is 2. The Hall–Kier alpha value is -2.33. The van der Waals surface area contributed by atoms with Crippen LogP contribution in [0.3, 0.4) is 0 Å². The van der Waals surface area contributed by atoms with Gasteiger partial charge in [0.05, 0.1) is 0 Å². The summed E-state index contributed by atoms with van der Waals surface area (Å²) >= 11 is 5.83. The quantitative estimate of drug-likeness (QED) is 0.903. The molecule has 2 rings (SSSR count). The zero-order valence-electron chi connectivity index (χ0n) is 10.6. The molecule has 0 aromatic heterocycles. The molecule has 2 aromatic carbocycles. The first kappa shape index (κ1) is 14.1. The largest absolute Gasteiger partial charge is 0.366 e. The lowest BCUT2D eigenvalue weighted by Crippen LogP contribution is -2.20. The number of carbonyl (C=O) groups excluding carboxylic acids is 2. The molecule has 2 amide bonds. The Morgan fingerprint density at radius 2 is 1.40 bits per heavy atom. The number of rotatable bonds is 4. The van der Waals surface area contributed by atoms with E-state index in [1.165, 1.54) is 0 Å². The third-order valence-corrected chi connectivity index (χ3v) is 3.25.